The summed E-state index contributed by atoms with van der Waals surface area (Å²) < 4.78 is 3.20. The lowest BCUT2D eigenvalue weighted by molar-refractivity contribution is 0.246. The van der Waals surface area contributed by atoms with Gasteiger partial charge in [-0.3, -0.25) is 9.69 Å². The second kappa shape index (κ2) is 8.19. The van der Waals surface area contributed by atoms with E-state index in [0.29, 0.717) is 12.2 Å². The average Bonchev–Trinajstić information content (AvgIpc) is 3.17. The molecule has 2 aromatic heterocycles. The van der Waals surface area contributed by atoms with Gasteiger partial charge in [0.05, 0.1) is 18.6 Å². The minimum absolute atomic E-state index is 0.165. The Hall–Kier alpha value is -3.25. The number of aromatic nitrogens is 4. The number of rotatable bonds is 7. The molecule has 0 unspecified atom stereocenters. The first kappa shape index (κ1) is 18.1. The van der Waals surface area contributed by atoms with Gasteiger partial charge in [0.25, 0.3) is 5.56 Å². The van der Waals surface area contributed by atoms with E-state index in [2.05, 4.69) is 39.4 Å². The third-order valence-corrected chi connectivity index (χ3v) is 4.76. The molecule has 0 bridgehead atoms. The van der Waals surface area contributed by atoms with E-state index < -0.39 is 0 Å². The van der Waals surface area contributed by atoms with Gasteiger partial charge in [0.15, 0.2) is 5.52 Å². The topological polar surface area (TPSA) is 56.0 Å². The van der Waals surface area contributed by atoms with Crippen LogP contribution in [0, 0.1) is 0 Å². The van der Waals surface area contributed by atoms with Gasteiger partial charge in [-0.1, -0.05) is 48.5 Å². The number of aryl methyl sites for hydroxylation is 1. The Bertz CT molecular complexity index is 1100. The zero-order valence-corrected chi connectivity index (χ0v) is 15.9. The van der Waals surface area contributed by atoms with Gasteiger partial charge >= 0.3 is 0 Å². The van der Waals surface area contributed by atoms with Crippen molar-refractivity contribution < 1.29 is 0 Å². The highest BCUT2D eigenvalue weighted by atomic mass is 16.1. The van der Waals surface area contributed by atoms with Gasteiger partial charge in [0.1, 0.15) is 0 Å². The van der Waals surface area contributed by atoms with E-state index in [1.807, 2.05) is 49.6 Å². The zero-order valence-electron chi connectivity index (χ0n) is 15.9. The summed E-state index contributed by atoms with van der Waals surface area (Å²) >= 11 is 0. The van der Waals surface area contributed by atoms with E-state index in [1.54, 1.807) is 10.9 Å². The fraction of sp³-hybridized carbons (Fsp3) is 0.227. The SMILES string of the molecule is CN(CCCc1ccccc1)Cn1ncc2cn(-c3ccccc3)nc2c1=O. The molecule has 0 N–H and O–H groups in total. The fourth-order valence-corrected chi connectivity index (χ4v) is 3.27. The Kier molecular flexibility index (Phi) is 5.30. The van der Waals surface area contributed by atoms with Crippen molar-refractivity contribution in [1.29, 1.82) is 0 Å². The molecule has 0 fully saturated rings. The molecule has 6 heteroatoms. The summed E-state index contributed by atoms with van der Waals surface area (Å²) in [7, 11) is 2.01. The van der Waals surface area contributed by atoms with Crippen molar-refractivity contribution in [2.45, 2.75) is 19.5 Å². The van der Waals surface area contributed by atoms with Crippen LogP contribution >= 0.6 is 0 Å². The minimum Gasteiger partial charge on any atom is -0.287 e. The van der Waals surface area contributed by atoms with E-state index in [9.17, 15) is 4.79 Å². The van der Waals surface area contributed by atoms with Gasteiger partial charge in [-0.15, -0.1) is 0 Å². The number of hydrogen-bond acceptors (Lipinski definition) is 4. The number of nitrogens with zero attached hydrogens (tertiary/aromatic N) is 5. The predicted molar refractivity (Wildman–Crippen MR) is 111 cm³/mol. The lowest BCUT2D eigenvalue weighted by atomic mass is 10.1. The van der Waals surface area contributed by atoms with Crippen molar-refractivity contribution in [3.63, 3.8) is 0 Å². The van der Waals surface area contributed by atoms with Crippen LogP contribution in [0.25, 0.3) is 16.6 Å². The summed E-state index contributed by atoms with van der Waals surface area (Å²) in [6, 6.07) is 20.2. The van der Waals surface area contributed by atoms with Crippen molar-refractivity contribution >= 4 is 10.9 Å². The zero-order chi connectivity index (χ0) is 19.3. The van der Waals surface area contributed by atoms with Crippen molar-refractivity contribution in [3.8, 4) is 5.69 Å². The molecule has 0 amide bonds. The molecule has 142 valence electrons. The third-order valence-electron chi connectivity index (χ3n) is 4.76. The average molecular weight is 373 g/mol. The molecule has 0 radical (unpaired) electrons. The minimum atomic E-state index is -0.165. The maximum Gasteiger partial charge on any atom is 0.296 e. The van der Waals surface area contributed by atoms with Crippen LogP contribution in [0.5, 0.6) is 0 Å². The lowest BCUT2D eigenvalue weighted by Crippen LogP contribution is -2.32. The Balaban J connectivity index is 1.45. The van der Waals surface area contributed by atoms with E-state index in [4.69, 9.17) is 0 Å². The summed E-state index contributed by atoms with van der Waals surface area (Å²) in [6.07, 6.45) is 5.60. The van der Waals surface area contributed by atoms with E-state index >= 15 is 0 Å². The molecule has 28 heavy (non-hydrogen) atoms. The number of benzene rings is 2. The molecule has 0 aliphatic carbocycles. The van der Waals surface area contributed by atoms with Crippen LogP contribution in [0.2, 0.25) is 0 Å². The standard InChI is InChI=1S/C22H23N5O/c1-25(14-8-11-18-9-4-2-5-10-18)17-27-22(28)21-19(15-23-27)16-26(24-21)20-12-6-3-7-13-20/h2-7,9-10,12-13,15-16H,8,11,14,17H2,1H3. The van der Waals surface area contributed by atoms with Gasteiger partial charge in [-0.05, 0) is 44.1 Å². The highest BCUT2D eigenvalue weighted by molar-refractivity contribution is 5.76. The smallest absolute Gasteiger partial charge is 0.287 e. The molecule has 0 saturated carbocycles. The number of hydrogen-bond donors (Lipinski definition) is 0. The van der Waals surface area contributed by atoms with Crippen molar-refractivity contribution in [3.05, 3.63) is 89.0 Å². The lowest BCUT2D eigenvalue weighted by Gasteiger charge is -2.17. The summed E-state index contributed by atoms with van der Waals surface area (Å²) in [5, 5.41) is 9.55. The molecular weight excluding hydrogens is 350 g/mol. The largest absolute Gasteiger partial charge is 0.296 e. The Labute approximate surface area is 163 Å². The maximum absolute atomic E-state index is 12.8. The van der Waals surface area contributed by atoms with Gasteiger partial charge in [-0.25, -0.2) is 9.36 Å². The van der Waals surface area contributed by atoms with Crippen molar-refractivity contribution in [1.82, 2.24) is 24.5 Å². The molecule has 0 saturated heterocycles. The molecule has 0 aliphatic rings. The maximum atomic E-state index is 12.8. The first-order chi connectivity index (χ1) is 13.7. The van der Waals surface area contributed by atoms with Crippen LogP contribution in [0.4, 0.5) is 0 Å². The first-order valence-electron chi connectivity index (χ1n) is 9.44. The van der Waals surface area contributed by atoms with Crippen LogP contribution in [0.1, 0.15) is 12.0 Å². The highest BCUT2D eigenvalue weighted by Gasteiger charge is 2.11. The third kappa shape index (κ3) is 4.02. The molecule has 0 atom stereocenters. The normalized spacial score (nSPS) is 11.4. The second-order valence-corrected chi connectivity index (χ2v) is 6.97. The monoisotopic (exact) mass is 373 g/mol. The predicted octanol–water partition coefficient (Wildman–Crippen LogP) is 3.10. The molecule has 0 spiro atoms. The van der Waals surface area contributed by atoms with E-state index in [-0.39, 0.29) is 5.56 Å². The molecular formula is C22H23N5O. The van der Waals surface area contributed by atoms with Crippen LogP contribution in [0.15, 0.2) is 77.9 Å². The fourth-order valence-electron chi connectivity index (χ4n) is 3.27. The van der Waals surface area contributed by atoms with E-state index in [0.717, 1.165) is 30.5 Å². The Morgan fingerprint density at radius 2 is 1.71 bits per heavy atom. The summed E-state index contributed by atoms with van der Waals surface area (Å²) in [6.45, 7) is 1.33. The molecule has 6 nitrogen and oxygen atoms in total. The Morgan fingerprint density at radius 3 is 2.46 bits per heavy atom. The van der Waals surface area contributed by atoms with Gasteiger partial charge in [-0.2, -0.15) is 10.2 Å². The Morgan fingerprint density at radius 1 is 1.00 bits per heavy atom. The van der Waals surface area contributed by atoms with Crippen LogP contribution in [-0.4, -0.2) is 38.1 Å². The molecule has 2 aromatic carbocycles. The van der Waals surface area contributed by atoms with Crippen molar-refractivity contribution in [2.24, 2.45) is 0 Å². The van der Waals surface area contributed by atoms with E-state index in [1.165, 1.54) is 10.2 Å². The molecule has 2 heterocycles. The second-order valence-electron chi connectivity index (χ2n) is 6.97. The van der Waals surface area contributed by atoms with Gasteiger partial charge in [0, 0.05) is 11.6 Å². The molecule has 4 aromatic rings. The quantitative estimate of drug-likeness (QED) is 0.499. The highest BCUT2D eigenvalue weighted by Crippen LogP contribution is 2.12. The van der Waals surface area contributed by atoms with Crippen LogP contribution in [0.3, 0.4) is 0 Å². The number of fused-ring (bicyclic) bond motifs is 1. The molecule has 4 rings (SSSR count). The van der Waals surface area contributed by atoms with Crippen LogP contribution in [-0.2, 0) is 13.1 Å². The number of para-hydroxylation sites is 1. The van der Waals surface area contributed by atoms with Gasteiger partial charge < -0.3 is 0 Å². The summed E-state index contributed by atoms with van der Waals surface area (Å²) in [4.78, 5) is 14.9. The van der Waals surface area contributed by atoms with Crippen LogP contribution < -0.4 is 5.56 Å². The first-order valence-corrected chi connectivity index (χ1v) is 9.44. The summed E-state index contributed by atoms with van der Waals surface area (Å²) in [5.41, 5.74) is 2.53. The van der Waals surface area contributed by atoms with Gasteiger partial charge in [0.2, 0.25) is 0 Å². The summed E-state index contributed by atoms with van der Waals surface area (Å²) in [5.74, 6) is 0. The van der Waals surface area contributed by atoms with Crippen molar-refractivity contribution in [2.75, 3.05) is 13.6 Å². The molecule has 0 aliphatic heterocycles.